The van der Waals surface area contributed by atoms with Crippen LogP contribution in [-0.2, 0) is 4.79 Å². The highest BCUT2D eigenvalue weighted by Crippen LogP contribution is 2.33. The third-order valence-corrected chi connectivity index (χ3v) is 4.62. The average Bonchev–Trinajstić information content (AvgIpc) is 2.99. The van der Waals surface area contributed by atoms with Gasteiger partial charge < -0.3 is 10.2 Å². The smallest absolute Gasteiger partial charge is 0.223 e. The summed E-state index contributed by atoms with van der Waals surface area (Å²) in [5.41, 5.74) is 1.29. The van der Waals surface area contributed by atoms with E-state index in [2.05, 4.69) is 34.5 Å². The van der Waals surface area contributed by atoms with Crippen LogP contribution in [0.4, 0.5) is 0 Å². The molecule has 2 saturated heterocycles. The van der Waals surface area contributed by atoms with Crippen molar-refractivity contribution in [2.24, 2.45) is 5.92 Å². The van der Waals surface area contributed by atoms with Crippen LogP contribution < -0.4 is 5.32 Å². The minimum atomic E-state index is 0.306. The highest BCUT2D eigenvalue weighted by atomic mass is 16.2. The van der Waals surface area contributed by atoms with Crippen LogP contribution in [0.25, 0.3) is 0 Å². The Bertz CT molecular complexity index is 440. The van der Waals surface area contributed by atoms with Crippen molar-refractivity contribution in [3.63, 3.8) is 0 Å². The number of hydrogen-bond acceptors (Lipinski definition) is 2. The lowest BCUT2D eigenvalue weighted by Crippen LogP contribution is -2.36. The van der Waals surface area contributed by atoms with Gasteiger partial charge in [-0.25, -0.2) is 0 Å². The fourth-order valence-electron chi connectivity index (χ4n) is 3.55. The minimum absolute atomic E-state index is 0.306. The molecule has 2 fully saturated rings. The molecule has 2 atom stereocenters. The fourth-order valence-corrected chi connectivity index (χ4v) is 3.55. The molecule has 1 amide bonds. The van der Waals surface area contributed by atoms with E-state index >= 15 is 0 Å². The molecule has 0 bridgehead atoms. The molecule has 0 aliphatic carbocycles. The molecule has 0 saturated carbocycles. The molecule has 3 heteroatoms. The molecule has 2 aliphatic heterocycles. The zero-order chi connectivity index (χ0) is 13.8. The first-order chi connectivity index (χ1) is 9.84. The van der Waals surface area contributed by atoms with Crippen molar-refractivity contribution in [1.82, 2.24) is 10.2 Å². The Morgan fingerprint density at radius 1 is 1.20 bits per heavy atom. The predicted octanol–water partition coefficient (Wildman–Crippen LogP) is 2.74. The first-order valence-electron chi connectivity index (χ1n) is 7.90. The van der Waals surface area contributed by atoms with Crippen molar-refractivity contribution in [1.29, 1.82) is 0 Å². The molecule has 2 heterocycles. The third kappa shape index (κ3) is 3.04. The zero-order valence-corrected chi connectivity index (χ0v) is 12.1. The maximum Gasteiger partial charge on any atom is 0.223 e. The van der Waals surface area contributed by atoms with Gasteiger partial charge in [-0.2, -0.15) is 0 Å². The van der Waals surface area contributed by atoms with E-state index in [9.17, 15) is 4.79 Å². The Hall–Kier alpha value is -1.35. The second-order valence-electron chi connectivity index (χ2n) is 6.07. The Morgan fingerprint density at radius 2 is 2.05 bits per heavy atom. The van der Waals surface area contributed by atoms with Gasteiger partial charge in [0.15, 0.2) is 0 Å². The Morgan fingerprint density at radius 3 is 2.80 bits per heavy atom. The molecule has 2 unspecified atom stereocenters. The van der Waals surface area contributed by atoms with E-state index in [-0.39, 0.29) is 0 Å². The summed E-state index contributed by atoms with van der Waals surface area (Å²) >= 11 is 0. The largest absolute Gasteiger partial charge is 0.336 e. The predicted molar refractivity (Wildman–Crippen MR) is 80.3 cm³/mol. The highest BCUT2D eigenvalue weighted by Gasteiger charge is 2.31. The number of piperidine rings is 1. The van der Waals surface area contributed by atoms with Crippen LogP contribution in [0.1, 0.15) is 43.7 Å². The van der Waals surface area contributed by atoms with Gasteiger partial charge in [-0.3, -0.25) is 4.79 Å². The van der Waals surface area contributed by atoms with Gasteiger partial charge in [0.25, 0.3) is 0 Å². The van der Waals surface area contributed by atoms with Gasteiger partial charge in [-0.1, -0.05) is 30.3 Å². The molecule has 108 valence electrons. The minimum Gasteiger partial charge on any atom is -0.336 e. The van der Waals surface area contributed by atoms with Crippen LogP contribution in [-0.4, -0.2) is 30.4 Å². The topological polar surface area (TPSA) is 32.3 Å². The molecule has 0 spiro atoms. The lowest BCUT2D eigenvalue weighted by molar-refractivity contribution is -0.133. The number of nitrogens with one attached hydrogen (secondary N) is 1. The average molecular weight is 272 g/mol. The van der Waals surface area contributed by atoms with E-state index in [0.29, 0.717) is 17.9 Å². The first-order valence-corrected chi connectivity index (χ1v) is 7.90. The van der Waals surface area contributed by atoms with E-state index in [1.54, 1.807) is 0 Å². The van der Waals surface area contributed by atoms with Crippen LogP contribution in [0, 0.1) is 5.92 Å². The number of benzene rings is 1. The SMILES string of the molecule is O=C(CC1CCCNC1)N1CCCC1c1ccccc1. The Labute approximate surface area is 121 Å². The van der Waals surface area contributed by atoms with Gasteiger partial charge in [0.1, 0.15) is 0 Å². The van der Waals surface area contributed by atoms with Gasteiger partial charge in [-0.05, 0) is 50.3 Å². The molecular weight excluding hydrogens is 248 g/mol. The lowest BCUT2D eigenvalue weighted by atomic mass is 9.95. The van der Waals surface area contributed by atoms with Gasteiger partial charge in [0, 0.05) is 13.0 Å². The maximum atomic E-state index is 12.6. The monoisotopic (exact) mass is 272 g/mol. The number of rotatable bonds is 3. The normalized spacial score (nSPS) is 26.7. The quantitative estimate of drug-likeness (QED) is 0.917. The number of hydrogen-bond donors (Lipinski definition) is 1. The molecule has 1 N–H and O–H groups in total. The molecule has 1 aromatic carbocycles. The summed E-state index contributed by atoms with van der Waals surface area (Å²) in [7, 11) is 0. The van der Waals surface area contributed by atoms with Crippen molar-refractivity contribution in [3.8, 4) is 0 Å². The van der Waals surface area contributed by atoms with Crippen molar-refractivity contribution in [2.45, 2.75) is 38.1 Å². The highest BCUT2D eigenvalue weighted by molar-refractivity contribution is 5.77. The summed E-state index contributed by atoms with van der Waals surface area (Å²) in [6, 6.07) is 10.8. The van der Waals surface area contributed by atoms with Crippen LogP contribution >= 0.6 is 0 Å². The molecule has 0 aromatic heterocycles. The first kappa shape index (κ1) is 13.6. The van der Waals surface area contributed by atoms with Crippen molar-refractivity contribution in [3.05, 3.63) is 35.9 Å². The van der Waals surface area contributed by atoms with E-state index in [0.717, 1.165) is 38.9 Å². The fraction of sp³-hybridized carbons (Fsp3) is 0.588. The second-order valence-corrected chi connectivity index (χ2v) is 6.07. The molecule has 3 nitrogen and oxygen atoms in total. The number of carbonyl (C=O) groups is 1. The van der Waals surface area contributed by atoms with Crippen LogP contribution in [0.5, 0.6) is 0 Å². The Balaban J connectivity index is 1.64. The number of likely N-dealkylation sites (tertiary alicyclic amines) is 1. The summed E-state index contributed by atoms with van der Waals surface area (Å²) in [5, 5.41) is 3.40. The summed E-state index contributed by atoms with van der Waals surface area (Å²) in [4.78, 5) is 14.7. The van der Waals surface area contributed by atoms with Crippen molar-refractivity contribution in [2.75, 3.05) is 19.6 Å². The van der Waals surface area contributed by atoms with Gasteiger partial charge in [-0.15, -0.1) is 0 Å². The third-order valence-electron chi connectivity index (χ3n) is 4.62. The summed E-state index contributed by atoms with van der Waals surface area (Å²) in [5.74, 6) is 0.887. The standard InChI is InChI=1S/C17H24N2O/c20-17(12-14-6-4-10-18-13-14)19-11-5-9-16(19)15-7-2-1-3-8-15/h1-3,7-8,14,16,18H,4-6,9-13H2. The summed E-state index contributed by atoms with van der Waals surface area (Å²) in [6.07, 6.45) is 5.37. The van der Waals surface area contributed by atoms with E-state index in [1.807, 2.05) is 6.07 Å². The number of amides is 1. The summed E-state index contributed by atoms with van der Waals surface area (Å²) in [6.45, 7) is 3.05. The molecule has 0 radical (unpaired) electrons. The van der Waals surface area contributed by atoms with Gasteiger partial charge in [0.05, 0.1) is 6.04 Å². The maximum absolute atomic E-state index is 12.6. The molecule has 3 rings (SSSR count). The van der Waals surface area contributed by atoms with E-state index in [4.69, 9.17) is 0 Å². The van der Waals surface area contributed by atoms with Crippen LogP contribution in [0.3, 0.4) is 0 Å². The summed E-state index contributed by atoms with van der Waals surface area (Å²) < 4.78 is 0. The Kier molecular flexibility index (Phi) is 4.36. The van der Waals surface area contributed by atoms with Gasteiger partial charge in [0.2, 0.25) is 5.91 Å². The van der Waals surface area contributed by atoms with Gasteiger partial charge >= 0.3 is 0 Å². The second kappa shape index (κ2) is 6.40. The number of carbonyl (C=O) groups excluding carboxylic acids is 1. The molecule has 2 aliphatic rings. The van der Waals surface area contributed by atoms with Crippen LogP contribution in [0.15, 0.2) is 30.3 Å². The molecular formula is C17H24N2O. The van der Waals surface area contributed by atoms with E-state index in [1.165, 1.54) is 18.4 Å². The number of nitrogens with zero attached hydrogens (tertiary/aromatic N) is 1. The molecule has 1 aromatic rings. The van der Waals surface area contributed by atoms with Crippen molar-refractivity contribution < 1.29 is 4.79 Å². The zero-order valence-electron chi connectivity index (χ0n) is 12.1. The van der Waals surface area contributed by atoms with E-state index < -0.39 is 0 Å². The molecule has 20 heavy (non-hydrogen) atoms. The van der Waals surface area contributed by atoms with Crippen molar-refractivity contribution >= 4 is 5.91 Å². The lowest BCUT2D eigenvalue weighted by Gasteiger charge is -2.28. The van der Waals surface area contributed by atoms with Crippen LogP contribution in [0.2, 0.25) is 0 Å².